The van der Waals surface area contributed by atoms with Gasteiger partial charge in [-0.2, -0.15) is 5.10 Å². The Hall–Kier alpha value is -1.13. The van der Waals surface area contributed by atoms with Crippen molar-refractivity contribution in [3.05, 3.63) is 24.5 Å². The molecule has 0 aliphatic rings. The van der Waals surface area contributed by atoms with E-state index >= 15 is 0 Å². The van der Waals surface area contributed by atoms with Crippen LogP contribution < -0.4 is 5.32 Å². The fourth-order valence-corrected chi connectivity index (χ4v) is 1.62. The molecule has 0 saturated heterocycles. The fourth-order valence-electron chi connectivity index (χ4n) is 1.62. The minimum atomic E-state index is 0.272. The summed E-state index contributed by atoms with van der Waals surface area (Å²) in [4.78, 5) is 0. The van der Waals surface area contributed by atoms with Gasteiger partial charge < -0.3 is 10.4 Å². The van der Waals surface area contributed by atoms with Gasteiger partial charge in [0.15, 0.2) is 0 Å². The zero-order valence-electron chi connectivity index (χ0n) is 9.89. The van der Waals surface area contributed by atoms with Gasteiger partial charge in [0.05, 0.1) is 6.20 Å². The van der Waals surface area contributed by atoms with Crippen LogP contribution in [0.2, 0.25) is 0 Å². The lowest BCUT2D eigenvalue weighted by Gasteiger charge is -2.13. The van der Waals surface area contributed by atoms with E-state index < -0.39 is 0 Å². The first-order valence-electron chi connectivity index (χ1n) is 5.77. The second-order valence-electron chi connectivity index (χ2n) is 3.93. The molecule has 0 amide bonds. The van der Waals surface area contributed by atoms with Crippen molar-refractivity contribution in [2.45, 2.75) is 26.3 Å². The molecule has 90 valence electrons. The average molecular weight is 223 g/mol. The highest BCUT2D eigenvalue weighted by molar-refractivity contribution is 5.17. The molecule has 0 aliphatic heterocycles. The fraction of sp³-hybridized carbons (Fsp3) is 0.583. The predicted molar refractivity (Wildman–Crippen MR) is 65.8 cm³/mol. The highest BCUT2D eigenvalue weighted by Gasteiger charge is 2.05. The lowest BCUT2D eigenvalue weighted by molar-refractivity contribution is 0.251. The molecule has 0 fully saturated rings. The molecule has 1 aromatic heterocycles. The van der Waals surface area contributed by atoms with Crippen molar-refractivity contribution in [2.24, 2.45) is 5.92 Å². The van der Waals surface area contributed by atoms with E-state index in [4.69, 9.17) is 5.11 Å². The van der Waals surface area contributed by atoms with Gasteiger partial charge >= 0.3 is 0 Å². The molecule has 16 heavy (non-hydrogen) atoms. The smallest absolute Gasteiger partial charge is 0.0538 e. The topological polar surface area (TPSA) is 50.1 Å². The zero-order valence-corrected chi connectivity index (χ0v) is 9.89. The monoisotopic (exact) mass is 223 g/mol. The van der Waals surface area contributed by atoms with E-state index in [-0.39, 0.29) is 6.61 Å². The number of aromatic nitrogens is 2. The Kier molecular flexibility index (Phi) is 5.82. The van der Waals surface area contributed by atoms with Crippen molar-refractivity contribution < 1.29 is 5.11 Å². The summed E-state index contributed by atoms with van der Waals surface area (Å²) in [6, 6.07) is 0. The van der Waals surface area contributed by atoms with Gasteiger partial charge in [0.1, 0.15) is 0 Å². The third kappa shape index (κ3) is 4.16. The van der Waals surface area contributed by atoms with E-state index in [0.29, 0.717) is 5.92 Å². The molecule has 0 saturated carbocycles. The van der Waals surface area contributed by atoms with Crippen LogP contribution in [-0.2, 0) is 6.54 Å². The number of nitrogens with one attached hydrogen (secondary N) is 1. The van der Waals surface area contributed by atoms with Crippen LogP contribution in [0.15, 0.2) is 19.0 Å². The molecule has 2 N–H and O–H groups in total. The molecular formula is C12H21N3O. The Morgan fingerprint density at radius 1 is 1.69 bits per heavy atom. The van der Waals surface area contributed by atoms with Crippen molar-refractivity contribution >= 4 is 6.20 Å². The third-order valence-electron chi connectivity index (χ3n) is 2.72. The van der Waals surface area contributed by atoms with Crippen LogP contribution in [0, 0.1) is 5.92 Å². The van der Waals surface area contributed by atoms with Crippen molar-refractivity contribution in [3.8, 4) is 0 Å². The zero-order chi connectivity index (χ0) is 11.8. The van der Waals surface area contributed by atoms with Crippen molar-refractivity contribution in [2.75, 3.05) is 13.2 Å². The van der Waals surface area contributed by atoms with E-state index in [1.165, 1.54) is 0 Å². The molecule has 0 bridgehead atoms. The number of hydrogen-bond acceptors (Lipinski definition) is 3. The molecule has 0 aromatic carbocycles. The molecule has 1 atom stereocenters. The number of rotatable bonds is 8. The molecule has 0 spiro atoms. The first-order chi connectivity index (χ1) is 7.80. The summed E-state index contributed by atoms with van der Waals surface area (Å²) in [5, 5.41) is 16.4. The maximum atomic E-state index is 8.87. The van der Waals surface area contributed by atoms with Crippen LogP contribution in [-0.4, -0.2) is 28.0 Å². The lowest BCUT2D eigenvalue weighted by atomic mass is 10.0. The highest BCUT2D eigenvalue weighted by Crippen LogP contribution is 2.06. The van der Waals surface area contributed by atoms with Crippen LogP contribution in [0.3, 0.4) is 0 Å². The normalized spacial score (nSPS) is 12.6. The predicted octanol–water partition coefficient (Wildman–Crippen LogP) is 1.48. The largest absolute Gasteiger partial charge is 0.396 e. The molecule has 4 heteroatoms. The minimum absolute atomic E-state index is 0.272. The van der Waals surface area contributed by atoms with Gasteiger partial charge in [-0.15, -0.1) is 0 Å². The Balaban J connectivity index is 2.26. The van der Waals surface area contributed by atoms with Crippen LogP contribution >= 0.6 is 0 Å². The van der Waals surface area contributed by atoms with Crippen LogP contribution in [0.25, 0.3) is 6.20 Å². The van der Waals surface area contributed by atoms with Gasteiger partial charge in [-0.1, -0.05) is 19.9 Å². The van der Waals surface area contributed by atoms with Gasteiger partial charge in [-0.05, 0) is 18.9 Å². The molecule has 4 nitrogen and oxygen atoms in total. The quantitative estimate of drug-likeness (QED) is 0.702. The summed E-state index contributed by atoms with van der Waals surface area (Å²) >= 11 is 0. The highest BCUT2D eigenvalue weighted by atomic mass is 16.3. The SMILES string of the molecule is C=Cn1cc(CNCC(CC)CCO)cn1. The first-order valence-corrected chi connectivity index (χ1v) is 5.77. The maximum Gasteiger partial charge on any atom is 0.0538 e. The summed E-state index contributed by atoms with van der Waals surface area (Å²) in [7, 11) is 0. The number of aliphatic hydroxyl groups is 1. The molecule has 1 aromatic rings. The Bertz CT molecular complexity index is 309. The van der Waals surface area contributed by atoms with E-state index in [2.05, 4.69) is 23.9 Å². The van der Waals surface area contributed by atoms with Gasteiger partial charge in [-0.25, -0.2) is 4.68 Å². The molecule has 0 aliphatic carbocycles. The van der Waals surface area contributed by atoms with Crippen molar-refractivity contribution in [1.29, 1.82) is 0 Å². The first kappa shape index (κ1) is 12.9. The average Bonchev–Trinajstić information content (AvgIpc) is 2.76. The standard InChI is InChI=1S/C12H21N3O/c1-3-11(5-6-16)7-13-8-12-9-14-15(4-2)10-12/h4,9-11,13,16H,2-3,5-8H2,1H3. The second kappa shape index (κ2) is 7.19. The molecule has 1 unspecified atom stereocenters. The van der Waals surface area contributed by atoms with Crippen molar-refractivity contribution in [3.63, 3.8) is 0 Å². The molecule has 0 radical (unpaired) electrons. The van der Waals surface area contributed by atoms with Gasteiger partial charge in [0.2, 0.25) is 0 Å². The summed E-state index contributed by atoms with van der Waals surface area (Å²) in [6.07, 6.45) is 7.42. The number of nitrogens with zero attached hydrogens (tertiary/aromatic N) is 2. The van der Waals surface area contributed by atoms with E-state index in [0.717, 1.165) is 31.5 Å². The summed E-state index contributed by atoms with van der Waals surface area (Å²) in [6.45, 7) is 7.82. The van der Waals surface area contributed by atoms with Gasteiger partial charge in [0, 0.05) is 31.1 Å². The van der Waals surface area contributed by atoms with E-state index in [1.807, 2.05) is 12.4 Å². The summed E-state index contributed by atoms with van der Waals surface area (Å²) < 4.78 is 1.70. The van der Waals surface area contributed by atoms with Gasteiger partial charge in [-0.3, -0.25) is 0 Å². The number of hydrogen-bond donors (Lipinski definition) is 2. The van der Waals surface area contributed by atoms with Crippen LogP contribution in [0.1, 0.15) is 25.3 Å². The van der Waals surface area contributed by atoms with E-state index in [9.17, 15) is 0 Å². The lowest BCUT2D eigenvalue weighted by Crippen LogP contribution is -2.22. The minimum Gasteiger partial charge on any atom is -0.396 e. The molecular weight excluding hydrogens is 202 g/mol. The van der Waals surface area contributed by atoms with Crippen molar-refractivity contribution in [1.82, 2.24) is 15.1 Å². The van der Waals surface area contributed by atoms with Crippen LogP contribution in [0.4, 0.5) is 0 Å². The Labute approximate surface area is 97.0 Å². The van der Waals surface area contributed by atoms with Gasteiger partial charge in [0.25, 0.3) is 0 Å². The number of aliphatic hydroxyl groups excluding tert-OH is 1. The Morgan fingerprint density at radius 2 is 2.50 bits per heavy atom. The Morgan fingerprint density at radius 3 is 3.06 bits per heavy atom. The third-order valence-corrected chi connectivity index (χ3v) is 2.72. The maximum absolute atomic E-state index is 8.87. The molecule has 1 rings (SSSR count). The van der Waals surface area contributed by atoms with E-state index in [1.54, 1.807) is 10.9 Å². The second-order valence-corrected chi connectivity index (χ2v) is 3.93. The molecule has 1 heterocycles. The summed E-state index contributed by atoms with van der Waals surface area (Å²) in [5.74, 6) is 0.555. The summed E-state index contributed by atoms with van der Waals surface area (Å²) in [5.41, 5.74) is 1.15. The van der Waals surface area contributed by atoms with Crippen LogP contribution in [0.5, 0.6) is 0 Å².